The molecule has 0 saturated carbocycles. The third kappa shape index (κ3) is 3.74. The second-order valence-corrected chi connectivity index (χ2v) is 8.70. The number of piperidine rings is 1. The van der Waals surface area contributed by atoms with Gasteiger partial charge in [0.25, 0.3) is 5.91 Å². The lowest BCUT2D eigenvalue weighted by atomic mass is 9.91. The van der Waals surface area contributed by atoms with Crippen LogP contribution in [0.15, 0.2) is 48.5 Å². The van der Waals surface area contributed by atoms with E-state index in [1.807, 2.05) is 41.3 Å². The van der Waals surface area contributed by atoms with E-state index in [2.05, 4.69) is 13.8 Å². The molecule has 3 aromatic rings. The zero-order valence-corrected chi connectivity index (χ0v) is 17.5. The number of benzene rings is 2. The number of carbonyl (C=O) groups excluding carboxylic acids is 1. The van der Waals surface area contributed by atoms with Crippen molar-refractivity contribution in [3.63, 3.8) is 0 Å². The first-order valence-electron chi connectivity index (χ1n) is 9.57. The highest BCUT2D eigenvalue weighted by molar-refractivity contribution is 6.36. The van der Waals surface area contributed by atoms with Crippen LogP contribution in [0.5, 0.6) is 0 Å². The lowest BCUT2D eigenvalue weighted by Gasteiger charge is -2.35. The molecular formula is C23H22Cl2N2O. The molecule has 144 valence electrons. The van der Waals surface area contributed by atoms with E-state index in [0.717, 1.165) is 36.0 Å². The molecular weight excluding hydrogens is 391 g/mol. The normalized spacial score (nSPS) is 19.8. The van der Waals surface area contributed by atoms with Crippen molar-refractivity contribution in [1.82, 2.24) is 9.88 Å². The second-order valence-electron chi connectivity index (χ2n) is 7.85. The number of aromatic nitrogens is 1. The first kappa shape index (κ1) is 19.2. The average Bonchev–Trinajstić information content (AvgIpc) is 2.66. The summed E-state index contributed by atoms with van der Waals surface area (Å²) < 4.78 is 0. The smallest absolute Gasteiger partial charge is 0.254 e. The Morgan fingerprint density at radius 3 is 2.46 bits per heavy atom. The molecule has 1 aromatic heterocycles. The number of pyridine rings is 1. The predicted molar refractivity (Wildman–Crippen MR) is 116 cm³/mol. The Balaban J connectivity index is 1.84. The predicted octanol–water partition coefficient (Wildman–Crippen LogP) is 6.33. The third-order valence-corrected chi connectivity index (χ3v) is 5.86. The maximum absolute atomic E-state index is 13.5. The lowest BCUT2D eigenvalue weighted by molar-refractivity contribution is 0.0625. The molecule has 0 aliphatic carbocycles. The fraction of sp³-hybridized carbons (Fsp3) is 0.304. The van der Waals surface area contributed by atoms with Crippen LogP contribution in [0.25, 0.3) is 22.2 Å². The van der Waals surface area contributed by atoms with Gasteiger partial charge in [0.2, 0.25) is 0 Å². The van der Waals surface area contributed by atoms with Gasteiger partial charge in [-0.15, -0.1) is 0 Å². The van der Waals surface area contributed by atoms with Crippen LogP contribution in [0.1, 0.15) is 30.6 Å². The number of halogens is 2. The minimum absolute atomic E-state index is 0.0586. The summed E-state index contributed by atoms with van der Waals surface area (Å²) in [5.41, 5.74) is 2.91. The largest absolute Gasteiger partial charge is 0.338 e. The summed E-state index contributed by atoms with van der Waals surface area (Å²) in [6.07, 6.45) is 1.16. The number of amides is 1. The van der Waals surface area contributed by atoms with E-state index in [-0.39, 0.29) is 5.91 Å². The van der Waals surface area contributed by atoms with E-state index in [9.17, 15) is 4.79 Å². The molecule has 5 heteroatoms. The van der Waals surface area contributed by atoms with Gasteiger partial charge >= 0.3 is 0 Å². The van der Waals surface area contributed by atoms with Gasteiger partial charge in [0.05, 0.1) is 21.8 Å². The highest BCUT2D eigenvalue weighted by atomic mass is 35.5. The van der Waals surface area contributed by atoms with Crippen LogP contribution in [0.3, 0.4) is 0 Å². The van der Waals surface area contributed by atoms with Crippen molar-refractivity contribution in [3.05, 3.63) is 64.1 Å². The molecule has 1 amide bonds. The van der Waals surface area contributed by atoms with Crippen molar-refractivity contribution >= 4 is 40.0 Å². The first-order valence-corrected chi connectivity index (χ1v) is 10.3. The van der Waals surface area contributed by atoms with E-state index in [0.29, 0.717) is 33.1 Å². The Morgan fingerprint density at radius 1 is 1.04 bits per heavy atom. The van der Waals surface area contributed by atoms with Gasteiger partial charge in [0, 0.05) is 29.1 Å². The van der Waals surface area contributed by atoms with Gasteiger partial charge in [-0.25, -0.2) is 4.98 Å². The van der Waals surface area contributed by atoms with Crippen LogP contribution < -0.4 is 0 Å². The van der Waals surface area contributed by atoms with Crippen molar-refractivity contribution < 1.29 is 4.79 Å². The Morgan fingerprint density at radius 2 is 1.75 bits per heavy atom. The second kappa shape index (κ2) is 7.73. The minimum atomic E-state index is 0.0586. The molecule has 1 aliphatic heterocycles. The van der Waals surface area contributed by atoms with Crippen LogP contribution in [0.4, 0.5) is 0 Å². The average molecular weight is 413 g/mol. The molecule has 2 atom stereocenters. The maximum atomic E-state index is 13.5. The summed E-state index contributed by atoms with van der Waals surface area (Å²) in [6.45, 7) is 5.99. The molecule has 0 N–H and O–H groups in total. The number of carbonyl (C=O) groups is 1. The topological polar surface area (TPSA) is 33.2 Å². The summed E-state index contributed by atoms with van der Waals surface area (Å²) in [6, 6.07) is 15.0. The van der Waals surface area contributed by atoms with E-state index in [1.54, 1.807) is 12.1 Å². The fourth-order valence-corrected chi connectivity index (χ4v) is 4.69. The summed E-state index contributed by atoms with van der Waals surface area (Å²) in [5.74, 6) is 1.07. The Kier molecular flexibility index (Phi) is 5.31. The summed E-state index contributed by atoms with van der Waals surface area (Å²) in [4.78, 5) is 20.2. The van der Waals surface area contributed by atoms with Gasteiger partial charge in [-0.05, 0) is 48.6 Å². The monoisotopic (exact) mass is 412 g/mol. The quantitative estimate of drug-likeness (QED) is 0.492. The van der Waals surface area contributed by atoms with Gasteiger partial charge in [-0.1, -0.05) is 55.2 Å². The van der Waals surface area contributed by atoms with E-state index in [4.69, 9.17) is 28.2 Å². The standard InChI is InChI=1S/C23H22Cl2N2O/c1-14-9-15(2)13-27(12-14)23(28)19-11-22(18-8-7-16(24)10-20(18)25)26-21-6-4-3-5-17(19)21/h3-8,10-11,14-15H,9,12-13H2,1-2H3. The first-order chi connectivity index (χ1) is 13.4. The molecule has 2 aromatic carbocycles. The molecule has 1 aliphatic rings. The van der Waals surface area contributed by atoms with E-state index >= 15 is 0 Å². The van der Waals surface area contributed by atoms with Crippen molar-refractivity contribution in [2.45, 2.75) is 20.3 Å². The number of para-hydroxylation sites is 1. The number of nitrogens with zero attached hydrogens (tertiary/aromatic N) is 2. The van der Waals surface area contributed by atoms with Crippen LogP contribution >= 0.6 is 23.2 Å². The molecule has 0 spiro atoms. The van der Waals surface area contributed by atoms with Crippen LogP contribution in [0.2, 0.25) is 10.0 Å². The number of likely N-dealkylation sites (tertiary alicyclic amines) is 1. The van der Waals surface area contributed by atoms with Crippen molar-refractivity contribution in [2.24, 2.45) is 11.8 Å². The fourth-order valence-electron chi connectivity index (χ4n) is 4.19. The SMILES string of the molecule is CC1CC(C)CN(C(=O)c2cc(-c3ccc(Cl)cc3Cl)nc3ccccc23)C1. The molecule has 1 saturated heterocycles. The molecule has 1 fully saturated rings. The maximum Gasteiger partial charge on any atom is 0.254 e. The van der Waals surface area contributed by atoms with Gasteiger partial charge in [0.1, 0.15) is 0 Å². The van der Waals surface area contributed by atoms with Gasteiger partial charge in [-0.3, -0.25) is 4.79 Å². The lowest BCUT2D eigenvalue weighted by Crippen LogP contribution is -2.42. The molecule has 2 heterocycles. The summed E-state index contributed by atoms with van der Waals surface area (Å²) in [5, 5.41) is 1.96. The summed E-state index contributed by atoms with van der Waals surface area (Å²) >= 11 is 12.5. The molecule has 0 radical (unpaired) electrons. The highest BCUT2D eigenvalue weighted by Crippen LogP contribution is 2.33. The molecule has 0 bridgehead atoms. The van der Waals surface area contributed by atoms with Crippen molar-refractivity contribution in [2.75, 3.05) is 13.1 Å². The van der Waals surface area contributed by atoms with Crippen LogP contribution in [-0.2, 0) is 0 Å². The zero-order valence-electron chi connectivity index (χ0n) is 16.0. The Bertz CT molecular complexity index is 1040. The van der Waals surface area contributed by atoms with E-state index < -0.39 is 0 Å². The van der Waals surface area contributed by atoms with Crippen LogP contribution in [-0.4, -0.2) is 28.9 Å². The Hall–Kier alpha value is -2.10. The molecule has 4 rings (SSSR count). The third-order valence-electron chi connectivity index (χ3n) is 5.31. The van der Waals surface area contributed by atoms with Crippen molar-refractivity contribution in [1.29, 1.82) is 0 Å². The molecule has 3 nitrogen and oxygen atoms in total. The van der Waals surface area contributed by atoms with Gasteiger partial charge < -0.3 is 4.90 Å². The number of hydrogen-bond donors (Lipinski definition) is 0. The molecule has 28 heavy (non-hydrogen) atoms. The van der Waals surface area contributed by atoms with Crippen molar-refractivity contribution in [3.8, 4) is 11.3 Å². The zero-order chi connectivity index (χ0) is 19.8. The van der Waals surface area contributed by atoms with E-state index in [1.165, 1.54) is 0 Å². The number of fused-ring (bicyclic) bond motifs is 1. The molecule has 2 unspecified atom stereocenters. The number of hydrogen-bond acceptors (Lipinski definition) is 2. The highest BCUT2D eigenvalue weighted by Gasteiger charge is 2.27. The summed E-state index contributed by atoms with van der Waals surface area (Å²) in [7, 11) is 0. The minimum Gasteiger partial charge on any atom is -0.338 e. The Labute approximate surface area is 175 Å². The van der Waals surface area contributed by atoms with Crippen LogP contribution in [0, 0.1) is 11.8 Å². The number of rotatable bonds is 2. The van der Waals surface area contributed by atoms with Gasteiger partial charge in [-0.2, -0.15) is 0 Å². The van der Waals surface area contributed by atoms with Gasteiger partial charge in [0.15, 0.2) is 0 Å².